The Bertz CT molecular complexity index is 1160. The summed E-state index contributed by atoms with van der Waals surface area (Å²) in [6, 6.07) is 18.8. The number of pyridine rings is 1. The average Bonchev–Trinajstić information content (AvgIpc) is 2.98. The number of aryl methyl sites for hydroxylation is 3. The number of rotatable bonds is 2. The molecule has 2 aromatic carbocycles. The molecular weight excluding hydrogens is 308 g/mol. The second-order valence-corrected chi connectivity index (χ2v) is 6.45. The third kappa shape index (κ3) is 2.41. The van der Waals surface area contributed by atoms with Gasteiger partial charge in [-0.25, -0.2) is 0 Å². The van der Waals surface area contributed by atoms with Gasteiger partial charge in [-0.3, -0.25) is 10.3 Å². The van der Waals surface area contributed by atoms with Crippen LogP contribution in [0.3, 0.4) is 0 Å². The van der Waals surface area contributed by atoms with Crippen LogP contribution in [0.4, 0.5) is 11.5 Å². The maximum atomic E-state index is 9.59. The Labute approximate surface area is 146 Å². The zero-order valence-electron chi connectivity index (χ0n) is 14.5. The molecule has 2 N–H and O–H groups in total. The summed E-state index contributed by atoms with van der Waals surface area (Å²) in [7, 11) is 0. The van der Waals surface area contributed by atoms with Gasteiger partial charge in [0.1, 0.15) is 22.7 Å². The summed E-state index contributed by atoms with van der Waals surface area (Å²) in [5.74, 6) is 0.937. The molecule has 4 heteroatoms. The number of nitrogens with zero attached hydrogens (tertiary/aromatic N) is 2. The number of H-pyrrole nitrogens is 1. The number of imidazole rings is 1. The van der Waals surface area contributed by atoms with E-state index in [0.717, 1.165) is 33.7 Å². The van der Waals surface area contributed by atoms with Crippen molar-refractivity contribution in [3.8, 4) is 6.07 Å². The molecule has 4 nitrogen and oxygen atoms in total. The lowest BCUT2D eigenvalue weighted by atomic mass is 10.1. The highest BCUT2D eigenvalue weighted by molar-refractivity contribution is 5.77. The highest BCUT2D eigenvalue weighted by Crippen LogP contribution is 2.23. The maximum Gasteiger partial charge on any atom is 0.250 e. The van der Waals surface area contributed by atoms with Gasteiger partial charge >= 0.3 is 0 Å². The average molecular weight is 327 g/mol. The van der Waals surface area contributed by atoms with Crippen LogP contribution in [0, 0.1) is 32.1 Å². The van der Waals surface area contributed by atoms with Crippen molar-refractivity contribution in [1.82, 2.24) is 4.98 Å². The quantitative estimate of drug-likeness (QED) is 0.535. The second-order valence-electron chi connectivity index (χ2n) is 6.45. The number of aromatic nitrogens is 2. The Morgan fingerprint density at radius 3 is 2.52 bits per heavy atom. The molecule has 4 aromatic rings. The Morgan fingerprint density at radius 1 is 0.960 bits per heavy atom. The summed E-state index contributed by atoms with van der Waals surface area (Å²) >= 11 is 0. The zero-order chi connectivity index (χ0) is 17.6. The lowest BCUT2D eigenvalue weighted by molar-refractivity contribution is -0.464. The molecule has 2 heterocycles. The largest absolute Gasteiger partial charge is 0.273 e. The van der Waals surface area contributed by atoms with Gasteiger partial charge in [-0.05, 0) is 61.7 Å². The smallest absolute Gasteiger partial charge is 0.250 e. The summed E-state index contributed by atoms with van der Waals surface area (Å²) in [6.45, 7) is 6.19. The van der Waals surface area contributed by atoms with Crippen LogP contribution < -0.4 is 9.72 Å². The molecule has 122 valence electrons. The van der Waals surface area contributed by atoms with Crippen molar-refractivity contribution >= 4 is 28.2 Å². The summed E-state index contributed by atoms with van der Waals surface area (Å²) < 4.78 is 2.08. The van der Waals surface area contributed by atoms with E-state index in [9.17, 15) is 5.26 Å². The minimum Gasteiger partial charge on any atom is -0.273 e. The van der Waals surface area contributed by atoms with Crippen molar-refractivity contribution in [3.63, 3.8) is 0 Å². The standard InChI is InChI=1S/C21H18N4/c1-13-8-9-16(10-14(13)2)23-20-11-15(3)17(12-22)21-24-18-6-4-5-7-19(18)25(20)21/h4-11H,1-3H3,(H,23,24)/p+1. The number of para-hydroxylation sites is 2. The predicted octanol–water partition coefficient (Wildman–Crippen LogP) is 4.45. The molecule has 0 unspecified atom stereocenters. The van der Waals surface area contributed by atoms with Crippen LogP contribution in [0.25, 0.3) is 16.7 Å². The number of hydrogen-bond acceptors (Lipinski definition) is 2. The first-order valence-electron chi connectivity index (χ1n) is 8.29. The van der Waals surface area contributed by atoms with Crippen LogP contribution in [-0.4, -0.2) is 4.98 Å². The van der Waals surface area contributed by atoms with E-state index in [1.165, 1.54) is 11.1 Å². The molecule has 0 fully saturated rings. The molecule has 2 aromatic heterocycles. The van der Waals surface area contributed by atoms with E-state index in [1.54, 1.807) is 0 Å². The fourth-order valence-corrected chi connectivity index (χ4v) is 3.23. The first-order chi connectivity index (χ1) is 12.1. The number of anilines is 2. The first-order valence-corrected chi connectivity index (χ1v) is 8.29. The Kier molecular flexibility index (Phi) is 3.43. The van der Waals surface area contributed by atoms with Crippen LogP contribution in [0.2, 0.25) is 0 Å². The van der Waals surface area contributed by atoms with Gasteiger partial charge in [0.15, 0.2) is 0 Å². The van der Waals surface area contributed by atoms with Crippen molar-refractivity contribution in [3.05, 3.63) is 70.8 Å². The number of benzene rings is 2. The number of hydrogen-bond donors (Lipinski definition) is 2. The molecule has 25 heavy (non-hydrogen) atoms. The minimum absolute atomic E-state index is 0.668. The summed E-state index contributed by atoms with van der Waals surface area (Å²) in [6.07, 6.45) is 0. The van der Waals surface area contributed by atoms with Gasteiger partial charge in [0.05, 0.1) is 5.69 Å². The third-order valence-corrected chi connectivity index (χ3v) is 4.74. The molecule has 0 aliphatic rings. The van der Waals surface area contributed by atoms with Crippen LogP contribution in [-0.2, 0) is 0 Å². The molecule has 0 saturated heterocycles. The Morgan fingerprint density at radius 2 is 1.76 bits per heavy atom. The van der Waals surface area contributed by atoms with Crippen molar-refractivity contribution < 1.29 is 4.40 Å². The summed E-state index contributed by atoms with van der Waals surface area (Å²) in [5.41, 5.74) is 8.03. The summed E-state index contributed by atoms with van der Waals surface area (Å²) in [5, 5.41) is 13.1. The van der Waals surface area contributed by atoms with Crippen LogP contribution in [0.15, 0.2) is 48.5 Å². The Balaban J connectivity index is 2.00. The number of fused-ring (bicyclic) bond motifs is 3. The van der Waals surface area contributed by atoms with E-state index in [0.29, 0.717) is 5.56 Å². The SMILES string of the molecule is Cc1ccc(Nc2cc(C)c(C#N)c3[nH]c4ccccc4[n+]23)cc1C. The normalized spacial score (nSPS) is 11.0. The first kappa shape index (κ1) is 15.2. The number of aromatic amines is 1. The molecule has 0 bridgehead atoms. The fourth-order valence-electron chi connectivity index (χ4n) is 3.23. The number of nitrogens with one attached hydrogen (secondary N) is 2. The van der Waals surface area contributed by atoms with Gasteiger partial charge in [-0.15, -0.1) is 0 Å². The van der Waals surface area contributed by atoms with Gasteiger partial charge in [0, 0.05) is 6.07 Å². The molecule has 0 atom stereocenters. The van der Waals surface area contributed by atoms with E-state index in [4.69, 9.17) is 0 Å². The maximum absolute atomic E-state index is 9.59. The van der Waals surface area contributed by atoms with Crippen molar-refractivity contribution in [2.45, 2.75) is 20.8 Å². The minimum atomic E-state index is 0.668. The van der Waals surface area contributed by atoms with Gasteiger partial charge < -0.3 is 0 Å². The van der Waals surface area contributed by atoms with Gasteiger partial charge in [-0.2, -0.15) is 9.66 Å². The molecular formula is C21H19N4+. The molecule has 0 aliphatic heterocycles. The molecule has 0 aliphatic carbocycles. The van der Waals surface area contributed by atoms with E-state index < -0.39 is 0 Å². The van der Waals surface area contributed by atoms with E-state index >= 15 is 0 Å². The Hall–Kier alpha value is -3.32. The van der Waals surface area contributed by atoms with Gasteiger partial charge in [0.25, 0.3) is 0 Å². The lowest BCUT2D eigenvalue weighted by Gasteiger charge is -2.08. The van der Waals surface area contributed by atoms with E-state index in [1.807, 2.05) is 31.2 Å². The van der Waals surface area contributed by atoms with E-state index in [2.05, 4.69) is 58.9 Å². The lowest BCUT2D eigenvalue weighted by Crippen LogP contribution is -2.26. The van der Waals surface area contributed by atoms with Crippen LogP contribution in [0.1, 0.15) is 22.3 Å². The highest BCUT2D eigenvalue weighted by Gasteiger charge is 2.20. The summed E-state index contributed by atoms with van der Waals surface area (Å²) in [4.78, 5) is 3.39. The van der Waals surface area contributed by atoms with Crippen molar-refractivity contribution in [2.75, 3.05) is 5.32 Å². The van der Waals surface area contributed by atoms with E-state index in [-0.39, 0.29) is 0 Å². The van der Waals surface area contributed by atoms with Crippen molar-refractivity contribution in [2.24, 2.45) is 0 Å². The second kappa shape index (κ2) is 5.64. The fraction of sp³-hybridized carbons (Fsp3) is 0.143. The predicted molar refractivity (Wildman–Crippen MR) is 100 cm³/mol. The molecule has 0 radical (unpaired) electrons. The highest BCUT2D eigenvalue weighted by atomic mass is 15.1. The topological polar surface area (TPSA) is 55.7 Å². The van der Waals surface area contributed by atoms with Crippen LogP contribution >= 0.6 is 0 Å². The van der Waals surface area contributed by atoms with Crippen LogP contribution in [0.5, 0.6) is 0 Å². The molecule has 0 spiro atoms. The van der Waals surface area contributed by atoms with Crippen molar-refractivity contribution in [1.29, 1.82) is 5.26 Å². The monoisotopic (exact) mass is 327 g/mol. The molecule has 0 amide bonds. The van der Waals surface area contributed by atoms with Gasteiger partial charge in [-0.1, -0.05) is 18.2 Å². The third-order valence-electron chi connectivity index (χ3n) is 4.74. The number of nitriles is 1. The zero-order valence-corrected chi connectivity index (χ0v) is 14.5. The molecule has 4 rings (SSSR count). The van der Waals surface area contributed by atoms with Gasteiger partial charge in [0.2, 0.25) is 11.5 Å². The molecule has 0 saturated carbocycles.